The maximum absolute atomic E-state index is 12.7. The van der Waals surface area contributed by atoms with Gasteiger partial charge >= 0.3 is 0 Å². The van der Waals surface area contributed by atoms with Crippen LogP contribution in [0.3, 0.4) is 0 Å². The molecule has 2 aliphatic heterocycles. The molecule has 6 heteroatoms. The van der Waals surface area contributed by atoms with Crippen LogP contribution < -0.4 is 10.6 Å². The molecule has 0 saturated carbocycles. The Morgan fingerprint density at radius 3 is 3.12 bits per heavy atom. The fraction of sp³-hybridized carbons (Fsp3) is 0.400. The average molecular weight is 369 g/mol. The summed E-state index contributed by atoms with van der Waals surface area (Å²) in [5.41, 5.74) is 3.06. The summed E-state index contributed by atoms with van der Waals surface area (Å²) in [6.07, 6.45) is 1.29. The van der Waals surface area contributed by atoms with Gasteiger partial charge in [0.25, 0.3) is 0 Å². The van der Waals surface area contributed by atoms with E-state index in [1.165, 1.54) is 10.4 Å². The molecule has 0 spiro atoms. The zero-order valence-electron chi connectivity index (χ0n) is 14.8. The number of nitrogens with zero attached hydrogens (tertiary/aromatic N) is 1. The van der Waals surface area contributed by atoms with E-state index in [-0.39, 0.29) is 24.3 Å². The van der Waals surface area contributed by atoms with Gasteiger partial charge in [0.2, 0.25) is 11.8 Å². The summed E-state index contributed by atoms with van der Waals surface area (Å²) in [5, 5.41) is 8.07. The van der Waals surface area contributed by atoms with Crippen LogP contribution in [-0.2, 0) is 22.6 Å². The Kier molecular flexibility index (Phi) is 4.78. The van der Waals surface area contributed by atoms with E-state index in [1.54, 1.807) is 0 Å². The molecule has 1 aromatic heterocycles. The summed E-state index contributed by atoms with van der Waals surface area (Å²) in [7, 11) is 0. The third kappa shape index (κ3) is 3.39. The highest BCUT2D eigenvalue weighted by Crippen LogP contribution is 2.32. The number of rotatable bonds is 4. The first-order valence-electron chi connectivity index (χ1n) is 9.07. The van der Waals surface area contributed by atoms with Gasteiger partial charge in [-0.1, -0.05) is 18.2 Å². The second-order valence-corrected chi connectivity index (χ2v) is 8.08. The number of carbonyl (C=O) groups excluding carboxylic acids is 2. The van der Waals surface area contributed by atoms with Gasteiger partial charge in [0.15, 0.2) is 0 Å². The number of thiophene rings is 1. The molecular formula is C20H23N3O2S. The van der Waals surface area contributed by atoms with Crippen molar-refractivity contribution in [2.45, 2.75) is 38.3 Å². The van der Waals surface area contributed by atoms with E-state index in [0.29, 0.717) is 6.54 Å². The zero-order chi connectivity index (χ0) is 18.1. The van der Waals surface area contributed by atoms with Gasteiger partial charge in [-0.2, -0.15) is 0 Å². The highest BCUT2D eigenvalue weighted by Gasteiger charge is 2.31. The largest absolute Gasteiger partial charge is 0.354 e. The van der Waals surface area contributed by atoms with E-state index >= 15 is 0 Å². The molecule has 0 fully saturated rings. The minimum Gasteiger partial charge on any atom is -0.354 e. The maximum atomic E-state index is 12.7. The quantitative estimate of drug-likeness (QED) is 0.871. The third-order valence-electron chi connectivity index (χ3n) is 5.35. The number of fused-ring (bicyclic) bond motifs is 2. The van der Waals surface area contributed by atoms with Crippen molar-refractivity contribution in [3.63, 3.8) is 0 Å². The number of benzene rings is 1. The summed E-state index contributed by atoms with van der Waals surface area (Å²) in [6.45, 7) is 4.72. The van der Waals surface area contributed by atoms with Gasteiger partial charge < -0.3 is 10.6 Å². The Hall–Kier alpha value is -2.18. The van der Waals surface area contributed by atoms with E-state index in [4.69, 9.17) is 0 Å². The van der Waals surface area contributed by atoms with Crippen LogP contribution in [0.4, 0.5) is 5.69 Å². The summed E-state index contributed by atoms with van der Waals surface area (Å²) in [5.74, 6) is -0.567. The lowest BCUT2D eigenvalue weighted by molar-refractivity contribution is -0.126. The summed E-state index contributed by atoms with van der Waals surface area (Å²) >= 11 is 1.84. The van der Waals surface area contributed by atoms with Crippen LogP contribution in [0, 0.1) is 0 Å². The SMILES string of the molecule is C[C@@H](CNC(=O)[C@H]1CC(=O)Nc2ccccc21)N1CCc2sccc2C1. The van der Waals surface area contributed by atoms with Crippen LogP contribution in [0.5, 0.6) is 0 Å². The number of amides is 2. The number of carbonyl (C=O) groups is 2. The molecule has 2 atom stereocenters. The second-order valence-electron chi connectivity index (χ2n) is 7.08. The molecule has 26 heavy (non-hydrogen) atoms. The lowest BCUT2D eigenvalue weighted by atomic mass is 9.90. The van der Waals surface area contributed by atoms with E-state index in [1.807, 2.05) is 35.6 Å². The standard InChI is InChI=1S/C20H23N3O2S/c1-13(23-8-6-18-14(12-23)7-9-26-18)11-21-20(25)16-10-19(24)22-17-5-3-2-4-15(16)17/h2-5,7,9,13,16H,6,8,10-12H2,1H3,(H,21,25)(H,22,24)/t13-,16-/m0/s1. The molecule has 2 amide bonds. The van der Waals surface area contributed by atoms with E-state index in [0.717, 1.165) is 30.8 Å². The van der Waals surface area contributed by atoms with Gasteiger partial charge in [0, 0.05) is 42.7 Å². The molecule has 2 N–H and O–H groups in total. The lowest BCUT2D eigenvalue weighted by Crippen LogP contribution is -2.45. The molecule has 0 bridgehead atoms. The normalized spacial score (nSPS) is 20.7. The van der Waals surface area contributed by atoms with Gasteiger partial charge in [-0.15, -0.1) is 11.3 Å². The highest BCUT2D eigenvalue weighted by atomic mass is 32.1. The van der Waals surface area contributed by atoms with Crippen LogP contribution in [0.15, 0.2) is 35.7 Å². The Balaban J connectivity index is 1.38. The molecule has 0 unspecified atom stereocenters. The maximum Gasteiger partial charge on any atom is 0.228 e. The number of nitrogens with one attached hydrogen (secondary N) is 2. The molecule has 2 aliphatic rings. The van der Waals surface area contributed by atoms with Crippen molar-refractivity contribution in [3.05, 3.63) is 51.7 Å². The molecule has 5 nitrogen and oxygen atoms in total. The van der Waals surface area contributed by atoms with Crippen LogP contribution in [0.2, 0.25) is 0 Å². The smallest absolute Gasteiger partial charge is 0.228 e. The Labute approximate surface area is 157 Å². The molecule has 0 saturated heterocycles. The molecule has 0 aliphatic carbocycles. The number of hydrogen-bond donors (Lipinski definition) is 2. The monoisotopic (exact) mass is 369 g/mol. The molecule has 0 radical (unpaired) electrons. The van der Waals surface area contributed by atoms with Crippen molar-refractivity contribution in [1.82, 2.24) is 10.2 Å². The minimum absolute atomic E-state index is 0.0626. The van der Waals surface area contributed by atoms with Gasteiger partial charge in [-0.25, -0.2) is 0 Å². The van der Waals surface area contributed by atoms with Gasteiger partial charge in [0.05, 0.1) is 5.92 Å². The molecule has 3 heterocycles. The van der Waals surface area contributed by atoms with Crippen molar-refractivity contribution in [3.8, 4) is 0 Å². The van der Waals surface area contributed by atoms with Crippen molar-refractivity contribution < 1.29 is 9.59 Å². The lowest BCUT2D eigenvalue weighted by Gasteiger charge is -2.33. The van der Waals surface area contributed by atoms with E-state index in [9.17, 15) is 9.59 Å². The molecule has 136 valence electrons. The molecule has 4 rings (SSSR count). The summed E-state index contributed by atoms with van der Waals surface area (Å²) in [4.78, 5) is 28.6. The van der Waals surface area contributed by atoms with Gasteiger partial charge in [0.1, 0.15) is 0 Å². The first kappa shape index (κ1) is 17.2. The Bertz CT molecular complexity index is 832. The predicted molar refractivity (Wildman–Crippen MR) is 103 cm³/mol. The first-order valence-corrected chi connectivity index (χ1v) is 9.95. The fourth-order valence-corrected chi connectivity index (χ4v) is 4.68. The Morgan fingerprint density at radius 1 is 1.38 bits per heavy atom. The van der Waals surface area contributed by atoms with Crippen LogP contribution in [0.1, 0.15) is 35.3 Å². The summed E-state index contributed by atoms with van der Waals surface area (Å²) in [6, 6.07) is 10.0. The zero-order valence-corrected chi connectivity index (χ0v) is 15.6. The second kappa shape index (κ2) is 7.21. The van der Waals surface area contributed by atoms with Crippen molar-refractivity contribution in [1.29, 1.82) is 0 Å². The molecule has 1 aromatic carbocycles. The van der Waals surface area contributed by atoms with E-state index in [2.05, 4.69) is 33.9 Å². The van der Waals surface area contributed by atoms with Crippen LogP contribution in [0.25, 0.3) is 0 Å². The van der Waals surface area contributed by atoms with Crippen molar-refractivity contribution in [2.75, 3.05) is 18.4 Å². The van der Waals surface area contributed by atoms with Gasteiger partial charge in [-0.3, -0.25) is 14.5 Å². The van der Waals surface area contributed by atoms with E-state index < -0.39 is 5.92 Å². The predicted octanol–water partition coefficient (Wildman–Crippen LogP) is 2.74. The summed E-state index contributed by atoms with van der Waals surface area (Å²) < 4.78 is 0. The number of para-hydroxylation sites is 1. The number of anilines is 1. The van der Waals surface area contributed by atoms with Crippen molar-refractivity contribution in [2.24, 2.45) is 0 Å². The Morgan fingerprint density at radius 2 is 2.23 bits per heavy atom. The molecular weight excluding hydrogens is 346 g/mol. The van der Waals surface area contributed by atoms with Crippen molar-refractivity contribution >= 4 is 28.8 Å². The topological polar surface area (TPSA) is 61.4 Å². The molecule has 2 aromatic rings. The third-order valence-corrected chi connectivity index (χ3v) is 6.37. The minimum atomic E-state index is -0.406. The van der Waals surface area contributed by atoms with Crippen LogP contribution in [-0.4, -0.2) is 35.8 Å². The fourth-order valence-electron chi connectivity index (χ4n) is 3.79. The van der Waals surface area contributed by atoms with Crippen LogP contribution >= 0.6 is 11.3 Å². The number of hydrogen-bond acceptors (Lipinski definition) is 4. The first-order chi connectivity index (χ1) is 12.6. The highest BCUT2D eigenvalue weighted by molar-refractivity contribution is 7.10. The van der Waals surface area contributed by atoms with Gasteiger partial charge in [-0.05, 0) is 42.0 Å². The average Bonchev–Trinajstić information content (AvgIpc) is 3.12.